The summed E-state index contributed by atoms with van der Waals surface area (Å²) in [4.78, 5) is 33.9. The van der Waals surface area contributed by atoms with Crippen molar-refractivity contribution in [3.8, 4) is 17.6 Å². The summed E-state index contributed by atoms with van der Waals surface area (Å²) in [7, 11) is 2.87. The van der Waals surface area contributed by atoms with Crippen LogP contribution in [0.15, 0.2) is 42.6 Å². The first kappa shape index (κ1) is 25.9. The highest BCUT2D eigenvalue weighted by atomic mass is 32.1. The third-order valence-corrected chi connectivity index (χ3v) is 7.52. The van der Waals surface area contributed by atoms with Gasteiger partial charge in [0.2, 0.25) is 17.6 Å². The summed E-state index contributed by atoms with van der Waals surface area (Å²) in [6.07, 6.45) is 9.29. The Bertz CT molecular complexity index is 1660. The SMILES string of the molecule is CNC(=O)c1nc(OC)cc2c1ccn2C(=O)c1sc(Nc2snc(O)c2C(=N)NCC2C=CC=C2)nc1O. The van der Waals surface area contributed by atoms with Gasteiger partial charge in [-0.3, -0.25) is 19.6 Å². The number of thiazole rings is 1. The molecule has 0 radical (unpaired) electrons. The lowest BCUT2D eigenvalue weighted by Crippen LogP contribution is -2.28. The number of ether oxygens (including phenoxy) is 1. The minimum atomic E-state index is -0.594. The molecule has 0 spiro atoms. The first-order chi connectivity index (χ1) is 18.8. The number of pyridine rings is 1. The molecule has 13 nitrogen and oxygen atoms in total. The van der Waals surface area contributed by atoms with Crippen LogP contribution in [0.25, 0.3) is 10.9 Å². The lowest BCUT2D eigenvalue weighted by Gasteiger charge is -2.11. The Labute approximate surface area is 229 Å². The van der Waals surface area contributed by atoms with E-state index in [1.807, 2.05) is 24.3 Å². The average molecular weight is 567 g/mol. The molecule has 1 aliphatic carbocycles. The Hall–Kier alpha value is -4.76. The second-order valence-electron chi connectivity index (χ2n) is 8.21. The molecule has 1 amide bonds. The van der Waals surface area contributed by atoms with Gasteiger partial charge in [0.05, 0.1) is 12.6 Å². The number of anilines is 2. The van der Waals surface area contributed by atoms with E-state index in [0.717, 1.165) is 22.9 Å². The summed E-state index contributed by atoms with van der Waals surface area (Å²) >= 11 is 1.78. The van der Waals surface area contributed by atoms with Crippen molar-refractivity contribution >= 4 is 61.6 Å². The molecular weight excluding hydrogens is 544 g/mol. The van der Waals surface area contributed by atoms with Crippen LogP contribution in [0.5, 0.6) is 17.6 Å². The number of carbonyl (C=O) groups excluding carboxylic acids is 2. The molecule has 15 heteroatoms. The highest BCUT2D eigenvalue weighted by molar-refractivity contribution is 7.18. The number of allylic oxidation sites excluding steroid dienone is 2. The first-order valence-electron chi connectivity index (χ1n) is 11.5. The Morgan fingerprint density at radius 1 is 1.21 bits per heavy atom. The smallest absolute Gasteiger partial charge is 0.278 e. The van der Waals surface area contributed by atoms with Crippen LogP contribution in [0, 0.1) is 11.3 Å². The van der Waals surface area contributed by atoms with Crippen molar-refractivity contribution in [2.75, 3.05) is 26.0 Å². The molecule has 6 N–H and O–H groups in total. The largest absolute Gasteiger partial charge is 0.492 e. The Balaban J connectivity index is 1.41. The van der Waals surface area contributed by atoms with Crippen molar-refractivity contribution in [2.45, 2.75) is 0 Å². The van der Waals surface area contributed by atoms with Crippen molar-refractivity contribution < 1.29 is 24.5 Å². The number of nitrogens with zero attached hydrogens (tertiary/aromatic N) is 4. The summed E-state index contributed by atoms with van der Waals surface area (Å²) in [5, 5.41) is 38.5. The minimum absolute atomic E-state index is 0.0391. The van der Waals surface area contributed by atoms with Crippen molar-refractivity contribution in [3.63, 3.8) is 0 Å². The predicted octanol–water partition coefficient (Wildman–Crippen LogP) is 2.82. The fraction of sp³-hybridized carbons (Fsp3) is 0.167. The van der Waals surface area contributed by atoms with Gasteiger partial charge < -0.3 is 30.9 Å². The summed E-state index contributed by atoms with van der Waals surface area (Å²) in [5.74, 6) is -1.65. The molecular formula is C24H22N8O5S2. The molecule has 0 fully saturated rings. The van der Waals surface area contributed by atoms with Crippen LogP contribution < -0.4 is 20.7 Å². The van der Waals surface area contributed by atoms with Gasteiger partial charge in [0, 0.05) is 37.2 Å². The van der Waals surface area contributed by atoms with Crippen LogP contribution in [0.3, 0.4) is 0 Å². The van der Waals surface area contributed by atoms with Gasteiger partial charge in [-0.25, -0.2) is 4.98 Å². The number of rotatable bonds is 8. The predicted molar refractivity (Wildman–Crippen MR) is 147 cm³/mol. The molecule has 0 saturated heterocycles. The molecule has 1 aliphatic rings. The number of hydrogen-bond acceptors (Lipinski definition) is 12. The van der Waals surface area contributed by atoms with Gasteiger partial charge in [-0.1, -0.05) is 35.6 Å². The molecule has 39 heavy (non-hydrogen) atoms. The van der Waals surface area contributed by atoms with E-state index in [-0.39, 0.29) is 44.8 Å². The molecule has 4 heterocycles. The monoisotopic (exact) mass is 566 g/mol. The zero-order valence-corrected chi connectivity index (χ0v) is 22.2. The lowest BCUT2D eigenvalue weighted by molar-refractivity contribution is 0.0952. The van der Waals surface area contributed by atoms with Crippen LogP contribution in [-0.2, 0) is 0 Å². The summed E-state index contributed by atoms with van der Waals surface area (Å²) in [6, 6.07) is 3.09. The minimum Gasteiger partial charge on any atom is -0.492 e. The molecule has 4 aromatic heterocycles. The molecule has 0 saturated carbocycles. The normalized spacial score (nSPS) is 12.7. The van der Waals surface area contributed by atoms with Gasteiger partial charge in [0.15, 0.2) is 10.0 Å². The van der Waals surface area contributed by atoms with Gasteiger partial charge in [-0.2, -0.15) is 9.36 Å². The number of hydrogen-bond donors (Lipinski definition) is 6. The third-order valence-electron chi connectivity index (χ3n) is 5.82. The number of amidine groups is 1. The van der Waals surface area contributed by atoms with E-state index in [9.17, 15) is 19.8 Å². The van der Waals surface area contributed by atoms with Crippen molar-refractivity contribution in [1.29, 1.82) is 5.41 Å². The second-order valence-corrected chi connectivity index (χ2v) is 9.99. The topological polar surface area (TPSA) is 187 Å². The van der Waals surface area contributed by atoms with Crippen LogP contribution >= 0.6 is 22.9 Å². The molecule has 0 bridgehead atoms. The Kier molecular flexibility index (Phi) is 7.00. The van der Waals surface area contributed by atoms with Gasteiger partial charge in [0.25, 0.3) is 11.8 Å². The number of nitrogens with one attached hydrogen (secondary N) is 4. The van der Waals surface area contributed by atoms with Gasteiger partial charge >= 0.3 is 0 Å². The molecule has 5 rings (SSSR count). The zero-order valence-electron chi connectivity index (χ0n) is 20.6. The fourth-order valence-corrected chi connectivity index (χ4v) is 5.47. The number of aromatic nitrogens is 4. The molecule has 0 aliphatic heterocycles. The van der Waals surface area contributed by atoms with Crippen LogP contribution in [-0.4, -0.2) is 67.5 Å². The second kappa shape index (κ2) is 10.5. The van der Waals surface area contributed by atoms with Crippen molar-refractivity contribution in [3.05, 3.63) is 58.8 Å². The van der Waals surface area contributed by atoms with Gasteiger partial charge in [-0.05, 0) is 17.6 Å². The molecule has 0 aromatic carbocycles. The Morgan fingerprint density at radius 2 is 1.97 bits per heavy atom. The van der Waals surface area contributed by atoms with Gasteiger partial charge in [0.1, 0.15) is 22.1 Å². The third kappa shape index (κ3) is 4.92. The highest BCUT2D eigenvalue weighted by Gasteiger charge is 2.25. The van der Waals surface area contributed by atoms with E-state index >= 15 is 0 Å². The summed E-state index contributed by atoms with van der Waals surface area (Å²) in [5.41, 5.74) is 0.586. The molecule has 0 unspecified atom stereocenters. The lowest BCUT2D eigenvalue weighted by atomic mass is 10.1. The molecule has 200 valence electrons. The van der Waals surface area contributed by atoms with E-state index in [2.05, 4.69) is 30.3 Å². The van der Waals surface area contributed by atoms with E-state index in [1.54, 1.807) is 6.07 Å². The molecule has 4 aromatic rings. The summed E-state index contributed by atoms with van der Waals surface area (Å²) < 4.78 is 10.4. The standard InChI is InChI=1S/C24H22N8O5S2/c1-26-20(34)16-12-7-8-32(13(12)9-14(28-16)37-2)23(36)17-21(35)29-24(38-17)30-22-15(19(33)31-39-22)18(25)27-10-11-5-3-4-6-11/h3-9,11,35H,10H2,1-2H3,(H2,25,27)(H,26,34)(H,29,30)(H,31,33). The number of carbonyl (C=O) groups is 2. The maximum Gasteiger partial charge on any atom is 0.278 e. The van der Waals surface area contributed by atoms with Crippen molar-refractivity contribution in [2.24, 2.45) is 5.92 Å². The quantitative estimate of drug-likeness (QED) is 0.137. The highest BCUT2D eigenvalue weighted by Crippen LogP contribution is 2.37. The fourth-order valence-electron chi connectivity index (χ4n) is 3.91. The maximum atomic E-state index is 13.4. The Morgan fingerprint density at radius 3 is 2.69 bits per heavy atom. The van der Waals surface area contributed by atoms with Crippen LogP contribution in [0.2, 0.25) is 0 Å². The average Bonchev–Trinajstić information content (AvgIpc) is 3.73. The number of methoxy groups -OCH3 is 1. The molecule has 0 atom stereocenters. The van der Waals surface area contributed by atoms with Crippen molar-refractivity contribution in [1.82, 2.24) is 29.5 Å². The van der Waals surface area contributed by atoms with E-state index in [1.165, 1.54) is 31.0 Å². The number of aromatic hydroxyl groups is 2. The number of fused-ring (bicyclic) bond motifs is 1. The van der Waals surface area contributed by atoms with E-state index < -0.39 is 17.7 Å². The van der Waals surface area contributed by atoms with Gasteiger partial charge in [-0.15, -0.1) is 0 Å². The zero-order chi connectivity index (χ0) is 27.7. The van der Waals surface area contributed by atoms with E-state index in [4.69, 9.17) is 10.1 Å². The van der Waals surface area contributed by atoms with Crippen LogP contribution in [0.1, 0.15) is 25.7 Å². The first-order valence-corrected chi connectivity index (χ1v) is 13.1. The summed E-state index contributed by atoms with van der Waals surface area (Å²) in [6.45, 7) is 0.462. The number of amides is 1. The van der Waals surface area contributed by atoms with Crippen LogP contribution in [0.4, 0.5) is 10.1 Å². The maximum absolute atomic E-state index is 13.4. The van der Waals surface area contributed by atoms with E-state index in [0.29, 0.717) is 22.4 Å².